The number of primary amides is 1. The van der Waals surface area contributed by atoms with Gasteiger partial charge < -0.3 is 24.6 Å². The van der Waals surface area contributed by atoms with Crippen molar-refractivity contribution in [3.05, 3.63) is 84.1 Å². The third-order valence-electron chi connectivity index (χ3n) is 6.04. The van der Waals surface area contributed by atoms with Crippen molar-refractivity contribution in [3.63, 3.8) is 0 Å². The van der Waals surface area contributed by atoms with Crippen LogP contribution in [0.25, 0.3) is 33.1 Å². The van der Waals surface area contributed by atoms with Crippen LogP contribution < -0.4 is 10.5 Å². The van der Waals surface area contributed by atoms with Crippen molar-refractivity contribution in [2.24, 2.45) is 5.73 Å². The van der Waals surface area contributed by atoms with Gasteiger partial charge in [0.2, 0.25) is 5.91 Å². The second-order valence-corrected chi connectivity index (χ2v) is 10.6. The number of nitrogens with zero attached hydrogens (tertiary/aromatic N) is 1. The second kappa shape index (κ2) is 9.14. The molecule has 0 saturated heterocycles. The van der Waals surface area contributed by atoms with Gasteiger partial charge in [-0.2, -0.15) is 0 Å². The molecule has 37 heavy (non-hydrogen) atoms. The predicted molar refractivity (Wildman–Crippen MR) is 137 cm³/mol. The monoisotopic (exact) mass is 518 g/mol. The van der Waals surface area contributed by atoms with Gasteiger partial charge in [-0.25, -0.2) is 13.2 Å². The molecule has 3 N–H and O–H groups in total. The number of hydrogen-bond donors (Lipinski definition) is 2. The van der Waals surface area contributed by atoms with Crippen molar-refractivity contribution in [2.75, 3.05) is 12.9 Å². The van der Waals surface area contributed by atoms with E-state index in [1.807, 2.05) is 22.8 Å². The fourth-order valence-corrected chi connectivity index (χ4v) is 5.18. The van der Waals surface area contributed by atoms with Crippen molar-refractivity contribution in [1.29, 1.82) is 0 Å². The number of furan rings is 1. The van der Waals surface area contributed by atoms with Gasteiger partial charge in [-0.3, -0.25) is 4.79 Å². The van der Waals surface area contributed by atoms with Crippen molar-refractivity contribution < 1.29 is 32.3 Å². The quantitative estimate of drug-likeness (QED) is 0.315. The van der Waals surface area contributed by atoms with E-state index in [1.165, 1.54) is 12.3 Å². The maximum Gasteiger partial charge on any atom is 0.341 e. The Morgan fingerprint density at radius 3 is 2.46 bits per heavy atom. The lowest BCUT2D eigenvalue weighted by Crippen LogP contribution is -2.11. The third-order valence-corrected chi connectivity index (χ3v) is 7.16. The number of benzene rings is 3. The van der Waals surface area contributed by atoms with Crippen LogP contribution in [0.1, 0.15) is 15.9 Å². The summed E-state index contributed by atoms with van der Waals surface area (Å²) in [6.07, 6.45) is 2.67. The maximum atomic E-state index is 12.4. The molecule has 188 valence electrons. The van der Waals surface area contributed by atoms with Crippen LogP contribution in [-0.2, 0) is 21.2 Å². The largest absolute Gasteiger partial charge is 0.481 e. The number of aromatic nitrogens is 1. The van der Waals surface area contributed by atoms with Gasteiger partial charge in [0.15, 0.2) is 16.4 Å². The van der Waals surface area contributed by atoms with Gasteiger partial charge in [-0.15, -0.1) is 0 Å². The van der Waals surface area contributed by atoms with E-state index < -0.39 is 28.3 Å². The van der Waals surface area contributed by atoms with Crippen LogP contribution in [0.3, 0.4) is 0 Å². The summed E-state index contributed by atoms with van der Waals surface area (Å²) >= 11 is 0. The van der Waals surface area contributed by atoms with Gasteiger partial charge in [0.25, 0.3) is 0 Å². The standard InChI is InChI=1S/C27H22N2O7S/c1-37(33,34)18-6-2-5-16(11-18)14-29-20-8-3-7-19(27(28)32)25(20)26-21(29)12-17(22-9-4-10-35-22)13-23(26)36-15-24(30)31/h2-13H,14-15H2,1H3,(H2,28,32)(H,30,31). The lowest BCUT2D eigenvalue weighted by Gasteiger charge is -2.11. The number of amides is 1. The molecule has 2 aromatic heterocycles. The summed E-state index contributed by atoms with van der Waals surface area (Å²) in [6, 6.07) is 18.7. The van der Waals surface area contributed by atoms with Crippen molar-refractivity contribution in [3.8, 4) is 17.1 Å². The van der Waals surface area contributed by atoms with E-state index >= 15 is 0 Å². The minimum Gasteiger partial charge on any atom is -0.481 e. The fraction of sp³-hybridized carbons (Fsp3) is 0.111. The number of carboxylic acids is 1. The molecule has 0 bridgehead atoms. The fourth-order valence-electron chi connectivity index (χ4n) is 4.49. The summed E-state index contributed by atoms with van der Waals surface area (Å²) < 4.78 is 37.5. The lowest BCUT2D eigenvalue weighted by molar-refractivity contribution is -0.139. The zero-order valence-electron chi connectivity index (χ0n) is 19.7. The SMILES string of the molecule is CS(=O)(=O)c1cccc(Cn2c3cc(-c4ccco4)cc(OCC(=O)O)c3c3c(C(N)=O)cccc32)c1. The van der Waals surface area contributed by atoms with Crippen molar-refractivity contribution in [2.45, 2.75) is 11.4 Å². The number of carboxylic acid groups (broad SMARTS) is 1. The molecule has 0 fully saturated rings. The van der Waals surface area contributed by atoms with Crippen molar-refractivity contribution >= 4 is 43.5 Å². The number of hydrogen-bond acceptors (Lipinski definition) is 6. The first-order valence-electron chi connectivity index (χ1n) is 11.2. The van der Waals surface area contributed by atoms with E-state index in [0.717, 1.165) is 6.26 Å². The smallest absolute Gasteiger partial charge is 0.341 e. The van der Waals surface area contributed by atoms with Crippen LogP contribution in [0.2, 0.25) is 0 Å². The van der Waals surface area contributed by atoms with E-state index in [0.29, 0.717) is 38.7 Å². The summed E-state index contributed by atoms with van der Waals surface area (Å²) in [7, 11) is -3.42. The van der Waals surface area contributed by atoms with E-state index in [9.17, 15) is 23.1 Å². The number of rotatable bonds is 8. The van der Waals surface area contributed by atoms with Crippen LogP contribution >= 0.6 is 0 Å². The van der Waals surface area contributed by atoms with Gasteiger partial charge in [0.05, 0.1) is 27.6 Å². The Balaban J connectivity index is 1.84. The van der Waals surface area contributed by atoms with Crippen molar-refractivity contribution in [1.82, 2.24) is 4.57 Å². The Morgan fingerprint density at radius 2 is 1.78 bits per heavy atom. The molecule has 0 spiro atoms. The van der Waals surface area contributed by atoms with Gasteiger partial charge in [-0.1, -0.05) is 18.2 Å². The van der Waals surface area contributed by atoms with Gasteiger partial charge in [0.1, 0.15) is 11.5 Å². The first kappa shape index (κ1) is 24.1. The highest BCUT2D eigenvalue weighted by Gasteiger charge is 2.22. The first-order chi connectivity index (χ1) is 17.6. The molecule has 10 heteroatoms. The molecule has 0 aliphatic rings. The normalized spacial score (nSPS) is 11.7. The highest BCUT2D eigenvalue weighted by atomic mass is 32.2. The molecule has 0 atom stereocenters. The average molecular weight is 519 g/mol. The zero-order chi connectivity index (χ0) is 26.3. The Morgan fingerprint density at radius 1 is 1.00 bits per heavy atom. The molecule has 0 unspecified atom stereocenters. The lowest BCUT2D eigenvalue weighted by atomic mass is 10.0. The number of sulfone groups is 1. The van der Waals surface area contributed by atoms with Gasteiger partial charge in [0, 0.05) is 29.3 Å². The highest BCUT2D eigenvalue weighted by Crippen LogP contribution is 2.41. The Kier molecular flexibility index (Phi) is 5.96. The topological polar surface area (TPSA) is 142 Å². The summed E-state index contributed by atoms with van der Waals surface area (Å²) in [6.45, 7) is -0.343. The number of nitrogens with two attached hydrogens (primary N) is 1. The van der Waals surface area contributed by atoms with Gasteiger partial charge in [-0.05, 0) is 54.1 Å². The molecule has 0 radical (unpaired) electrons. The minimum absolute atomic E-state index is 0.186. The van der Waals surface area contributed by atoms with Gasteiger partial charge >= 0.3 is 5.97 Å². The average Bonchev–Trinajstić information content (AvgIpc) is 3.49. The highest BCUT2D eigenvalue weighted by molar-refractivity contribution is 7.90. The number of carbonyl (C=O) groups excluding carboxylic acids is 1. The molecule has 1 amide bonds. The Labute approximate surface area is 211 Å². The van der Waals surface area contributed by atoms with E-state index in [4.69, 9.17) is 14.9 Å². The number of aliphatic carboxylic acids is 1. The number of carbonyl (C=O) groups is 2. The Hall–Kier alpha value is -4.57. The molecule has 5 rings (SSSR count). The van der Waals surface area contributed by atoms with Crippen LogP contribution in [0, 0.1) is 0 Å². The van der Waals surface area contributed by atoms with E-state index in [2.05, 4.69) is 0 Å². The summed E-state index contributed by atoms with van der Waals surface area (Å²) in [5.41, 5.74) is 8.58. The molecular weight excluding hydrogens is 496 g/mol. The number of fused-ring (bicyclic) bond motifs is 3. The summed E-state index contributed by atoms with van der Waals surface area (Å²) in [5.74, 6) is -1.03. The maximum absolute atomic E-state index is 12.4. The number of ether oxygens (including phenoxy) is 1. The molecule has 0 aliphatic heterocycles. The van der Waals surface area contributed by atoms with E-state index in [-0.39, 0.29) is 22.8 Å². The minimum atomic E-state index is -3.42. The van der Waals surface area contributed by atoms with Crippen LogP contribution in [0.15, 0.2) is 82.3 Å². The molecular formula is C27H22N2O7S. The van der Waals surface area contributed by atoms with Crippen LogP contribution in [-0.4, -0.2) is 42.8 Å². The summed E-state index contributed by atoms with van der Waals surface area (Å²) in [4.78, 5) is 23.9. The van der Waals surface area contributed by atoms with Crippen LogP contribution in [0.5, 0.6) is 5.75 Å². The second-order valence-electron chi connectivity index (χ2n) is 8.60. The molecule has 0 aliphatic carbocycles. The third kappa shape index (κ3) is 4.54. The molecule has 0 saturated carbocycles. The van der Waals surface area contributed by atoms with E-state index in [1.54, 1.807) is 42.5 Å². The molecule has 3 aromatic carbocycles. The zero-order valence-corrected chi connectivity index (χ0v) is 20.5. The Bertz CT molecular complexity index is 1780. The summed E-state index contributed by atoms with van der Waals surface area (Å²) in [5, 5.41) is 10.3. The van der Waals surface area contributed by atoms with Crippen LogP contribution in [0.4, 0.5) is 0 Å². The predicted octanol–water partition coefficient (Wildman–Crippen LogP) is 4.07. The first-order valence-corrected chi connectivity index (χ1v) is 13.1. The molecule has 5 aromatic rings. The molecule has 2 heterocycles. The molecule has 9 nitrogen and oxygen atoms in total.